The summed E-state index contributed by atoms with van der Waals surface area (Å²) in [7, 11) is 0. The Labute approximate surface area is 137 Å². The molecule has 2 unspecified atom stereocenters. The summed E-state index contributed by atoms with van der Waals surface area (Å²) in [6.45, 7) is 10.3. The lowest BCUT2D eigenvalue weighted by Gasteiger charge is -2.29. The topological polar surface area (TPSA) is 74.9 Å². The van der Waals surface area contributed by atoms with Crippen LogP contribution in [0.4, 0.5) is 0 Å². The van der Waals surface area contributed by atoms with Crippen LogP contribution in [0, 0.1) is 13.8 Å². The molecular formula is C17H28N2O4. The van der Waals surface area contributed by atoms with E-state index >= 15 is 0 Å². The molecule has 2 heterocycles. The van der Waals surface area contributed by atoms with Crippen molar-refractivity contribution in [1.29, 1.82) is 0 Å². The molecule has 6 heteroatoms. The molecular weight excluding hydrogens is 296 g/mol. The molecule has 1 aliphatic rings. The van der Waals surface area contributed by atoms with Crippen LogP contribution in [0.2, 0.25) is 0 Å². The zero-order valence-corrected chi connectivity index (χ0v) is 14.5. The summed E-state index contributed by atoms with van der Waals surface area (Å²) in [4.78, 5) is 14.1. The van der Waals surface area contributed by atoms with E-state index in [1.807, 2.05) is 31.7 Å². The fraction of sp³-hybridized carbons (Fsp3) is 0.706. The molecule has 0 spiro atoms. The van der Waals surface area contributed by atoms with Crippen molar-refractivity contribution in [3.8, 4) is 0 Å². The Morgan fingerprint density at radius 3 is 2.65 bits per heavy atom. The second-order valence-corrected chi connectivity index (χ2v) is 6.58. The van der Waals surface area contributed by atoms with Crippen molar-refractivity contribution in [3.63, 3.8) is 0 Å². The van der Waals surface area contributed by atoms with Crippen LogP contribution in [0.3, 0.4) is 0 Å². The number of carbonyl (C=O) groups excluding carboxylic acids is 1. The largest absolute Gasteiger partial charge is 0.466 e. The predicted octanol–water partition coefficient (Wildman–Crippen LogP) is 1.33. The minimum Gasteiger partial charge on any atom is -0.466 e. The van der Waals surface area contributed by atoms with E-state index in [0.29, 0.717) is 39.3 Å². The van der Waals surface area contributed by atoms with Crippen molar-refractivity contribution in [2.24, 2.45) is 0 Å². The van der Waals surface area contributed by atoms with Crippen LogP contribution in [-0.2, 0) is 15.1 Å². The highest BCUT2D eigenvalue weighted by Gasteiger charge is 2.28. The van der Waals surface area contributed by atoms with Crippen molar-refractivity contribution in [1.82, 2.24) is 10.2 Å². The lowest BCUT2D eigenvalue weighted by molar-refractivity contribution is -0.135. The summed E-state index contributed by atoms with van der Waals surface area (Å²) >= 11 is 0. The Balaban J connectivity index is 1.84. The molecule has 1 saturated heterocycles. The van der Waals surface area contributed by atoms with E-state index < -0.39 is 5.60 Å². The highest BCUT2D eigenvalue weighted by molar-refractivity contribution is 5.76. The molecule has 2 N–H and O–H groups in total. The smallest absolute Gasteiger partial charge is 0.224 e. The summed E-state index contributed by atoms with van der Waals surface area (Å²) in [6, 6.07) is 1.85. The number of carbonyl (C=O) groups is 1. The van der Waals surface area contributed by atoms with Gasteiger partial charge in [0.15, 0.2) is 0 Å². The first kappa shape index (κ1) is 18.0. The van der Waals surface area contributed by atoms with Crippen LogP contribution in [0.25, 0.3) is 0 Å². The van der Waals surface area contributed by atoms with Crippen molar-refractivity contribution in [2.75, 3.05) is 32.8 Å². The lowest BCUT2D eigenvalue weighted by atomic mass is 9.95. The summed E-state index contributed by atoms with van der Waals surface area (Å²) in [5.41, 5.74) is -0.243. The van der Waals surface area contributed by atoms with E-state index in [2.05, 4.69) is 5.32 Å². The summed E-state index contributed by atoms with van der Waals surface area (Å²) in [5, 5.41) is 13.9. The fourth-order valence-corrected chi connectivity index (χ4v) is 2.91. The first-order valence-corrected chi connectivity index (χ1v) is 8.18. The number of nitrogens with zero attached hydrogens (tertiary/aromatic N) is 1. The molecule has 2 atom stereocenters. The van der Waals surface area contributed by atoms with Gasteiger partial charge in [-0.2, -0.15) is 0 Å². The average Bonchev–Trinajstić information content (AvgIpc) is 2.86. The van der Waals surface area contributed by atoms with E-state index in [0.717, 1.165) is 17.1 Å². The molecule has 2 rings (SSSR count). The Hall–Kier alpha value is -1.37. The van der Waals surface area contributed by atoms with Gasteiger partial charge in [-0.3, -0.25) is 4.79 Å². The third-order valence-electron chi connectivity index (χ3n) is 4.26. The Morgan fingerprint density at radius 1 is 1.43 bits per heavy atom. The summed E-state index contributed by atoms with van der Waals surface area (Å²) in [6.07, 6.45) is 0.416. The predicted molar refractivity (Wildman–Crippen MR) is 87.2 cm³/mol. The molecule has 130 valence electrons. The number of ether oxygens (including phenoxy) is 1. The van der Waals surface area contributed by atoms with Crippen LogP contribution in [0.1, 0.15) is 37.4 Å². The molecule has 0 saturated carbocycles. The molecule has 23 heavy (non-hydrogen) atoms. The number of nitrogens with one attached hydrogen (secondary N) is 1. The van der Waals surface area contributed by atoms with Gasteiger partial charge in [-0.05, 0) is 33.8 Å². The number of aliphatic hydroxyl groups is 1. The number of hydrogen-bond acceptors (Lipinski definition) is 5. The van der Waals surface area contributed by atoms with Crippen molar-refractivity contribution in [2.45, 2.75) is 45.8 Å². The van der Waals surface area contributed by atoms with E-state index in [-0.39, 0.29) is 11.9 Å². The number of amides is 1. The maximum Gasteiger partial charge on any atom is 0.224 e. The second kappa shape index (κ2) is 7.47. The maximum absolute atomic E-state index is 12.2. The van der Waals surface area contributed by atoms with Gasteiger partial charge in [0.05, 0.1) is 13.2 Å². The first-order chi connectivity index (χ1) is 10.8. The van der Waals surface area contributed by atoms with Crippen molar-refractivity contribution >= 4 is 5.91 Å². The minimum absolute atomic E-state index is 0.00914. The molecule has 1 aromatic rings. The minimum atomic E-state index is -1.03. The first-order valence-electron chi connectivity index (χ1n) is 8.18. The number of morpholine rings is 1. The van der Waals surface area contributed by atoms with E-state index in [1.54, 1.807) is 6.92 Å². The monoisotopic (exact) mass is 324 g/mol. The van der Waals surface area contributed by atoms with Gasteiger partial charge in [0, 0.05) is 37.7 Å². The normalized spacial score (nSPS) is 19.4. The van der Waals surface area contributed by atoms with Crippen molar-refractivity contribution < 1.29 is 19.1 Å². The van der Waals surface area contributed by atoms with Gasteiger partial charge < -0.3 is 24.5 Å². The molecule has 0 bridgehead atoms. The molecule has 6 nitrogen and oxygen atoms in total. The third-order valence-corrected chi connectivity index (χ3v) is 4.26. The number of aryl methyl sites for hydroxylation is 2. The van der Waals surface area contributed by atoms with E-state index in [1.165, 1.54) is 0 Å². The second-order valence-electron chi connectivity index (χ2n) is 6.58. The summed E-state index contributed by atoms with van der Waals surface area (Å²) in [5.74, 6) is 1.64. The molecule has 0 aromatic carbocycles. The number of hydrogen-bond donors (Lipinski definition) is 2. The van der Waals surface area contributed by atoms with Gasteiger partial charge in [-0.25, -0.2) is 0 Å². The molecule has 1 fully saturated rings. The van der Waals surface area contributed by atoms with Gasteiger partial charge in [0.25, 0.3) is 0 Å². The Bertz CT molecular complexity index is 533. The zero-order chi connectivity index (χ0) is 17.0. The average molecular weight is 324 g/mol. The van der Waals surface area contributed by atoms with Crippen LogP contribution in [-0.4, -0.2) is 54.8 Å². The van der Waals surface area contributed by atoms with Gasteiger partial charge in [-0.15, -0.1) is 0 Å². The Morgan fingerprint density at radius 2 is 2.09 bits per heavy atom. The lowest BCUT2D eigenvalue weighted by Crippen LogP contribution is -2.45. The number of furan rings is 1. The van der Waals surface area contributed by atoms with Gasteiger partial charge in [-0.1, -0.05) is 0 Å². The molecule has 0 radical (unpaired) electrons. The molecule has 0 aliphatic carbocycles. The van der Waals surface area contributed by atoms with Gasteiger partial charge in [0.2, 0.25) is 5.91 Å². The summed E-state index contributed by atoms with van der Waals surface area (Å²) < 4.78 is 10.7. The number of rotatable bonds is 6. The molecule has 1 amide bonds. The highest BCUT2D eigenvalue weighted by Crippen LogP contribution is 2.26. The van der Waals surface area contributed by atoms with Crippen LogP contribution in [0.5, 0.6) is 0 Å². The van der Waals surface area contributed by atoms with Gasteiger partial charge in [0.1, 0.15) is 17.1 Å². The third kappa shape index (κ3) is 4.80. The van der Waals surface area contributed by atoms with Gasteiger partial charge >= 0.3 is 0 Å². The fourth-order valence-electron chi connectivity index (χ4n) is 2.91. The zero-order valence-electron chi connectivity index (χ0n) is 14.5. The Kier molecular flexibility index (Phi) is 5.84. The quantitative estimate of drug-likeness (QED) is 0.826. The van der Waals surface area contributed by atoms with Crippen LogP contribution in [0.15, 0.2) is 10.5 Å². The molecule has 1 aliphatic heterocycles. The highest BCUT2D eigenvalue weighted by atomic mass is 16.5. The van der Waals surface area contributed by atoms with Crippen LogP contribution < -0.4 is 5.32 Å². The van der Waals surface area contributed by atoms with Crippen molar-refractivity contribution in [3.05, 3.63) is 23.2 Å². The van der Waals surface area contributed by atoms with E-state index in [9.17, 15) is 9.90 Å². The van der Waals surface area contributed by atoms with E-state index in [4.69, 9.17) is 9.15 Å². The SMILES string of the molecule is Cc1cc(C(C)(O)CNC(C)CC(=O)N2CCOCC2)c(C)o1. The standard InChI is InChI=1S/C17H28N2O4/c1-12(9-16(20)19-5-7-22-8-6-19)18-11-17(4,21)15-10-13(2)23-14(15)3/h10,12,18,21H,5-9,11H2,1-4H3. The maximum atomic E-state index is 12.2. The van der Waals surface area contributed by atoms with Crippen LogP contribution >= 0.6 is 0 Å². The molecule has 1 aromatic heterocycles.